The molecule has 3 rings (SSSR count). The highest BCUT2D eigenvalue weighted by Gasteiger charge is 2.20. The first-order chi connectivity index (χ1) is 12.3. The molecule has 0 N–H and O–H groups in total. The molecule has 0 spiro atoms. The Morgan fingerprint density at radius 3 is 2.32 bits per heavy atom. The molecular weight excluding hydrogens is 318 g/mol. The first-order valence-corrected chi connectivity index (χ1v) is 8.80. The van der Waals surface area contributed by atoms with Gasteiger partial charge in [0.05, 0.1) is 6.61 Å². The Kier molecular flexibility index (Phi) is 5.78. The van der Waals surface area contributed by atoms with E-state index in [0.29, 0.717) is 29.8 Å². The van der Waals surface area contributed by atoms with Crippen LogP contribution in [0.15, 0.2) is 28.7 Å². The van der Waals surface area contributed by atoms with Crippen LogP contribution in [-0.2, 0) is 6.61 Å². The number of anilines is 1. The van der Waals surface area contributed by atoms with E-state index in [2.05, 4.69) is 16.0 Å². The summed E-state index contributed by atoms with van der Waals surface area (Å²) in [6.45, 7) is 4.58. The lowest BCUT2D eigenvalue weighted by Crippen LogP contribution is -2.24. The first-order valence-electron chi connectivity index (χ1n) is 8.80. The molecule has 0 radical (unpaired) electrons. The van der Waals surface area contributed by atoms with Gasteiger partial charge in [0.15, 0.2) is 6.61 Å². The Bertz CT molecular complexity index is 711. The highest BCUT2D eigenvalue weighted by Crippen LogP contribution is 2.26. The molecule has 2 aromatic rings. The fourth-order valence-electron chi connectivity index (χ4n) is 2.92. The van der Waals surface area contributed by atoms with E-state index in [1.165, 1.54) is 12.8 Å². The molecule has 6 nitrogen and oxygen atoms in total. The van der Waals surface area contributed by atoms with Crippen LogP contribution < -0.4 is 14.4 Å². The summed E-state index contributed by atoms with van der Waals surface area (Å²) in [5.41, 5.74) is 0.340. The highest BCUT2D eigenvalue weighted by molar-refractivity contribution is 5.48. The highest BCUT2D eigenvalue weighted by atomic mass is 16.5. The van der Waals surface area contributed by atoms with Crippen LogP contribution >= 0.6 is 0 Å². The summed E-state index contributed by atoms with van der Waals surface area (Å²) in [4.78, 5) is 6.40. The maximum absolute atomic E-state index is 9.35. The molecule has 1 fully saturated rings. The van der Waals surface area contributed by atoms with E-state index in [-0.39, 0.29) is 6.61 Å². The Balaban J connectivity index is 1.65. The Labute approximate surface area is 148 Å². The van der Waals surface area contributed by atoms with Gasteiger partial charge in [0.1, 0.15) is 17.6 Å². The Hall–Kier alpha value is -2.68. The third-order valence-electron chi connectivity index (χ3n) is 4.15. The molecule has 0 bridgehead atoms. The lowest BCUT2D eigenvalue weighted by Gasteiger charge is -2.18. The standard InChI is InChI=1S/C19H23N3O3/c1-2-23-15-7-9-16(10-8-15)24-14-18-21-17(13-20)19(25-18)22-11-5-3-4-6-12-22/h7-10H,2-6,11-12,14H2,1H3. The molecule has 132 valence electrons. The zero-order chi connectivity index (χ0) is 17.5. The van der Waals surface area contributed by atoms with Crippen molar-refractivity contribution in [1.29, 1.82) is 5.26 Å². The van der Waals surface area contributed by atoms with Crippen LogP contribution in [-0.4, -0.2) is 24.7 Å². The van der Waals surface area contributed by atoms with Crippen molar-refractivity contribution in [2.45, 2.75) is 39.2 Å². The maximum atomic E-state index is 9.35. The van der Waals surface area contributed by atoms with E-state index in [0.717, 1.165) is 31.7 Å². The number of oxazole rings is 1. The minimum atomic E-state index is 0.191. The monoisotopic (exact) mass is 341 g/mol. The van der Waals surface area contributed by atoms with Crippen LogP contribution in [0.1, 0.15) is 44.2 Å². The van der Waals surface area contributed by atoms with Crippen molar-refractivity contribution in [3.63, 3.8) is 0 Å². The normalized spacial score (nSPS) is 14.6. The van der Waals surface area contributed by atoms with Crippen molar-refractivity contribution in [3.8, 4) is 17.6 Å². The summed E-state index contributed by atoms with van der Waals surface area (Å²) in [7, 11) is 0. The fourth-order valence-corrected chi connectivity index (χ4v) is 2.92. The van der Waals surface area contributed by atoms with Gasteiger partial charge >= 0.3 is 0 Å². The molecule has 1 aromatic heterocycles. The molecular formula is C19H23N3O3. The van der Waals surface area contributed by atoms with Crippen LogP contribution in [0.5, 0.6) is 11.5 Å². The van der Waals surface area contributed by atoms with Gasteiger partial charge in [-0.2, -0.15) is 10.2 Å². The molecule has 6 heteroatoms. The number of hydrogen-bond acceptors (Lipinski definition) is 6. The molecule has 0 unspecified atom stereocenters. The molecule has 1 aliphatic heterocycles. The van der Waals surface area contributed by atoms with E-state index in [1.807, 2.05) is 31.2 Å². The second-order valence-corrected chi connectivity index (χ2v) is 5.97. The molecule has 1 saturated heterocycles. The van der Waals surface area contributed by atoms with E-state index >= 15 is 0 Å². The summed E-state index contributed by atoms with van der Waals surface area (Å²) in [6, 6.07) is 9.54. The SMILES string of the molecule is CCOc1ccc(OCc2nc(C#N)c(N3CCCCCC3)o2)cc1. The number of ether oxygens (including phenoxy) is 2. The van der Waals surface area contributed by atoms with Crippen LogP contribution in [0.3, 0.4) is 0 Å². The molecule has 2 heterocycles. The molecule has 1 aromatic carbocycles. The smallest absolute Gasteiger partial charge is 0.236 e. The van der Waals surface area contributed by atoms with Crippen LogP contribution in [0.2, 0.25) is 0 Å². The van der Waals surface area contributed by atoms with Gasteiger partial charge in [-0.3, -0.25) is 0 Å². The van der Waals surface area contributed by atoms with Crippen molar-refractivity contribution in [2.75, 3.05) is 24.6 Å². The number of rotatable bonds is 6. The lowest BCUT2D eigenvalue weighted by molar-refractivity contribution is 0.263. The van der Waals surface area contributed by atoms with Crippen molar-refractivity contribution in [3.05, 3.63) is 35.9 Å². The van der Waals surface area contributed by atoms with Crippen molar-refractivity contribution >= 4 is 5.88 Å². The van der Waals surface area contributed by atoms with Gasteiger partial charge in [0.25, 0.3) is 0 Å². The number of benzene rings is 1. The predicted molar refractivity (Wildman–Crippen MR) is 93.8 cm³/mol. The summed E-state index contributed by atoms with van der Waals surface area (Å²) in [5, 5.41) is 9.35. The third kappa shape index (κ3) is 4.44. The van der Waals surface area contributed by atoms with Crippen LogP contribution in [0.4, 0.5) is 5.88 Å². The number of nitriles is 1. The van der Waals surface area contributed by atoms with Crippen LogP contribution in [0, 0.1) is 11.3 Å². The second kappa shape index (κ2) is 8.43. The quantitative estimate of drug-likeness (QED) is 0.793. The van der Waals surface area contributed by atoms with E-state index in [4.69, 9.17) is 13.9 Å². The lowest BCUT2D eigenvalue weighted by atomic mass is 10.2. The number of hydrogen-bond donors (Lipinski definition) is 0. The van der Waals surface area contributed by atoms with Gasteiger partial charge in [-0.25, -0.2) is 0 Å². The Morgan fingerprint density at radius 1 is 1.08 bits per heavy atom. The molecule has 0 saturated carbocycles. The summed E-state index contributed by atoms with van der Waals surface area (Å²) in [6.07, 6.45) is 4.67. The van der Waals surface area contributed by atoms with Gasteiger partial charge in [0.2, 0.25) is 17.5 Å². The van der Waals surface area contributed by atoms with E-state index < -0.39 is 0 Å². The van der Waals surface area contributed by atoms with Crippen LogP contribution in [0.25, 0.3) is 0 Å². The molecule has 1 aliphatic rings. The van der Waals surface area contributed by atoms with Gasteiger partial charge in [0, 0.05) is 13.1 Å². The third-order valence-corrected chi connectivity index (χ3v) is 4.15. The summed E-state index contributed by atoms with van der Waals surface area (Å²) >= 11 is 0. The minimum absolute atomic E-state index is 0.191. The van der Waals surface area contributed by atoms with Gasteiger partial charge in [-0.15, -0.1) is 0 Å². The minimum Gasteiger partial charge on any atom is -0.494 e. The summed E-state index contributed by atoms with van der Waals surface area (Å²) in [5.74, 6) is 2.51. The van der Waals surface area contributed by atoms with E-state index in [1.54, 1.807) is 0 Å². The van der Waals surface area contributed by atoms with Crippen molar-refractivity contribution in [2.24, 2.45) is 0 Å². The predicted octanol–water partition coefficient (Wildman–Crippen LogP) is 3.90. The second-order valence-electron chi connectivity index (χ2n) is 5.97. The maximum Gasteiger partial charge on any atom is 0.236 e. The fraction of sp³-hybridized carbons (Fsp3) is 0.474. The Morgan fingerprint density at radius 2 is 1.72 bits per heavy atom. The first kappa shape index (κ1) is 17.2. The van der Waals surface area contributed by atoms with Crippen molar-refractivity contribution < 1.29 is 13.9 Å². The number of nitrogens with zero attached hydrogens (tertiary/aromatic N) is 3. The topological polar surface area (TPSA) is 71.5 Å². The van der Waals surface area contributed by atoms with Gasteiger partial charge < -0.3 is 18.8 Å². The zero-order valence-electron chi connectivity index (χ0n) is 14.5. The zero-order valence-corrected chi connectivity index (χ0v) is 14.5. The molecule has 0 amide bonds. The molecule has 0 atom stereocenters. The van der Waals surface area contributed by atoms with Crippen molar-refractivity contribution in [1.82, 2.24) is 4.98 Å². The number of aromatic nitrogens is 1. The molecule has 0 aliphatic carbocycles. The molecule has 25 heavy (non-hydrogen) atoms. The van der Waals surface area contributed by atoms with E-state index in [9.17, 15) is 5.26 Å². The summed E-state index contributed by atoms with van der Waals surface area (Å²) < 4.78 is 16.9. The van der Waals surface area contributed by atoms with Gasteiger partial charge in [-0.05, 0) is 44.0 Å². The average Bonchev–Trinajstić information content (AvgIpc) is 2.86. The average molecular weight is 341 g/mol. The van der Waals surface area contributed by atoms with Gasteiger partial charge in [-0.1, -0.05) is 12.8 Å². The largest absolute Gasteiger partial charge is 0.494 e.